The molecule has 6 heteroatoms. The first-order valence-electron chi connectivity index (χ1n) is 1.72. The van der Waals surface area contributed by atoms with E-state index < -0.39 is 10.1 Å². The highest BCUT2D eigenvalue weighted by Crippen LogP contribution is 1.59. The maximum atomic E-state index is 9.08. The van der Waals surface area contributed by atoms with Crippen LogP contribution >= 0.6 is 0 Å². The zero-order valence-electron chi connectivity index (χ0n) is 4.95. The van der Waals surface area contributed by atoms with Crippen molar-refractivity contribution in [3.05, 3.63) is 0 Å². The largest absolute Gasteiger partial charge is 0.748 e. The molecule has 0 unspecified atom stereocenters. The van der Waals surface area contributed by atoms with Crippen molar-refractivity contribution in [3.63, 3.8) is 0 Å². The summed E-state index contributed by atoms with van der Waals surface area (Å²) < 4.78 is 27.2. The molecular formula is C3H6O4S2. The molecule has 0 rings (SSSR count). The fourth-order valence-corrected chi connectivity index (χ4v) is 0. The number of hydrogen-bond donors (Lipinski definition) is 0. The van der Waals surface area contributed by atoms with E-state index in [9.17, 15) is 0 Å². The molecule has 0 fully saturated rings. The molecule has 0 heterocycles. The normalized spacial score (nSPS) is 8.33. The van der Waals surface area contributed by atoms with Gasteiger partial charge in [-0.1, -0.05) is 0 Å². The first-order chi connectivity index (χ1) is 3.91. The van der Waals surface area contributed by atoms with Crippen LogP contribution in [0.4, 0.5) is 0 Å². The van der Waals surface area contributed by atoms with E-state index in [-0.39, 0.29) is 0 Å². The molecule has 0 aromatic heterocycles. The topological polar surface area (TPSA) is 74.3 Å². The minimum Gasteiger partial charge on any atom is -0.748 e. The molecule has 0 aromatic rings. The molecule has 0 saturated heterocycles. The van der Waals surface area contributed by atoms with Crippen molar-refractivity contribution >= 4 is 26.7 Å². The monoisotopic (exact) mass is 170 g/mol. The summed E-state index contributed by atoms with van der Waals surface area (Å²) >= 11 is 1.05. The van der Waals surface area contributed by atoms with E-state index in [1.54, 1.807) is 11.5 Å². The van der Waals surface area contributed by atoms with Crippen LogP contribution in [0.3, 0.4) is 0 Å². The van der Waals surface area contributed by atoms with Gasteiger partial charge in [-0.3, -0.25) is 0 Å². The van der Waals surface area contributed by atoms with Crippen LogP contribution in [0, 0.1) is 0 Å². The predicted molar refractivity (Wildman–Crippen MR) is 34.6 cm³/mol. The molecule has 0 aliphatic heterocycles. The maximum absolute atomic E-state index is 9.08. The van der Waals surface area contributed by atoms with Gasteiger partial charge in [-0.2, -0.15) is 4.79 Å². The van der Waals surface area contributed by atoms with Crippen molar-refractivity contribution in [2.45, 2.75) is 0 Å². The number of carbonyl (C=O) groups excluding carboxylic acids is 1. The van der Waals surface area contributed by atoms with Gasteiger partial charge in [-0.05, 0) is 0 Å². The Labute approximate surface area is 57.6 Å². The Morgan fingerprint density at radius 3 is 1.67 bits per heavy atom. The van der Waals surface area contributed by atoms with Crippen LogP contribution in [-0.2, 0) is 26.3 Å². The molecule has 0 radical (unpaired) electrons. The van der Waals surface area contributed by atoms with Gasteiger partial charge in [0, 0.05) is 6.26 Å². The van der Waals surface area contributed by atoms with Crippen molar-refractivity contribution in [2.24, 2.45) is 0 Å². The molecule has 4 nitrogen and oxygen atoms in total. The summed E-state index contributed by atoms with van der Waals surface area (Å²) in [5, 5.41) is 1.60. The van der Waals surface area contributed by atoms with Gasteiger partial charge in [0.2, 0.25) is 0 Å². The highest BCUT2D eigenvalue weighted by Gasteiger charge is 1.65. The summed E-state index contributed by atoms with van der Waals surface area (Å²) in [6, 6.07) is 0. The van der Waals surface area contributed by atoms with Gasteiger partial charge >= 0.3 is 5.23 Å². The van der Waals surface area contributed by atoms with Gasteiger partial charge in [0.05, 0.1) is 10.1 Å². The second kappa shape index (κ2) is 5.84. The van der Waals surface area contributed by atoms with Gasteiger partial charge in [0.15, 0.2) is 6.26 Å². The maximum Gasteiger partial charge on any atom is 0.431 e. The Kier molecular flexibility index (Phi) is 7.46. The van der Waals surface area contributed by atoms with Gasteiger partial charge in [0.25, 0.3) is 11.4 Å². The molecule has 9 heavy (non-hydrogen) atoms. The first kappa shape index (κ1) is 11.5. The molecule has 0 bridgehead atoms. The van der Waals surface area contributed by atoms with Crippen molar-refractivity contribution in [1.29, 1.82) is 0 Å². The average Bonchev–Trinajstić information content (AvgIpc) is 1.61. The van der Waals surface area contributed by atoms with Crippen LogP contribution in [0.2, 0.25) is 0 Å². The molecule has 0 spiro atoms. The number of hydrogen-bond acceptors (Lipinski definition) is 4. The van der Waals surface area contributed by atoms with Crippen molar-refractivity contribution in [2.75, 3.05) is 12.5 Å². The summed E-state index contributed by atoms with van der Waals surface area (Å²) in [6.45, 7) is 0. The van der Waals surface area contributed by atoms with Crippen molar-refractivity contribution in [3.8, 4) is 0 Å². The van der Waals surface area contributed by atoms with E-state index in [0.717, 1.165) is 11.4 Å². The fourth-order valence-electron chi connectivity index (χ4n) is 0. The molecule has 0 aromatic carbocycles. The van der Waals surface area contributed by atoms with E-state index in [4.69, 9.17) is 17.8 Å². The Hall–Kier alpha value is -0.290. The first-order valence-corrected chi connectivity index (χ1v) is 4.77. The SMILES string of the molecule is CS(=O)(=O)[O-].C[S+]=C=O. The van der Waals surface area contributed by atoms with Gasteiger partial charge in [-0.25, -0.2) is 8.42 Å². The minimum atomic E-state index is -3.92. The van der Waals surface area contributed by atoms with E-state index in [1.165, 1.54) is 0 Å². The van der Waals surface area contributed by atoms with Crippen LogP contribution in [0.1, 0.15) is 0 Å². The molecular weight excluding hydrogens is 164 g/mol. The Balaban J connectivity index is 0. The molecule has 0 amide bonds. The van der Waals surface area contributed by atoms with Crippen LogP contribution < -0.4 is 0 Å². The van der Waals surface area contributed by atoms with Crippen LogP contribution in [0.25, 0.3) is 0 Å². The zero-order valence-corrected chi connectivity index (χ0v) is 6.58. The quantitative estimate of drug-likeness (QED) is 0.263. The summed E-state index contributed by atoms with van der Waals surface area (Å²) in [7, 11) is -3.92. The third kappa shape index (κ3) is 499. The summed E-state index contributed by atoms with van der Waals surface area (Å²) in [5.74, 6) is 0. The van der Waals surface area contributed by atoms with E-state index in [2.05, 4.69) is 0 Å². The second-order valence-electron chi connectivity index (χ2n) is 0.992. The average molecular weight is 170 g/mol. The van der Waals surface area contributed by atoms with Crippen LogP contribution in [-0.4, -0.2) is 30.7 Å². The second-order valence-corrected chi connectivity index (χ2v) is 2.97. The fraction of sp³-hybridized carbons (Fsp3) is 0.667. The Morgan fingerprint density at radius 1 is 1.56 bits per heavy atom. The molecule has 0 atom stereocenters. The lowest BCUT2D eigenvalue weighted by Crippen LogP contribution is -1.88. The highest BCUT2D eigenvalue weighted by molar-refractivity contribution is 7.84. The minimum absolute atomic E-state index is 0.604. The van der Waals surface area contributed by atoms with Crippen LogP contribution in [0.15, 0.2) is 0 Å². The van der Waals surface area contributed by atoms with Crippen molar-refractivity contribution in [1.82, 2.24) is 0 Å². The summed E-state index contributed by atoms with van der Waals surface area (Å²) in [4.78, 5) is 9.01. The van der Waals surface area contributed by atoms with Gasteiger partial charge in [-0.15, -0.1) is 0 Å². The Bertz CT molecular complexity index is 178. The Morgan fingerprint density at radius 2 is 1.67 bits per heavy atom. The lowest BCUT2D eigenvalue weighted by Gasteiger charge is -1.90. The summed E-state index contributed by atoms with van der Waals surface area (Å²) in [5.41, 5.74) is 0. The van der Waals surface area contributed by atoms with E-state index in [0.29, 0.717) is 6.26 Å². The standard InChI is InChI=1S/C2H3OS.CH4O3S/c1-4-2-3;1-5(2,3)4/h1H3;1H3,(H,2,3,4)/q+1;/p-1. The highest BCUT2D eigenvalue weighted by atomic mass is 32.2. The van der Waals surface area contributed by atoms with E-state index in [1.807, 2.05) is 0 Å². The summed E-state index contributed by atoms with van der Waals surface area (Å²) in [6.07, 6.45) is 2.28. The van der Waals surface area contributed by atoms with Gasteiger partial charge < -0.3 is 4.55 Å². The van der Waals surface area contributed by atoms with Crippen LogP contribution in [0.5, 0.6) is 0 Å². The molecule has 0 saturated carbocycles. The molecule has 54 valence electrons. The number of rotatable bonds is 0. The van der Waals surface area contributed by atoms with E-state index >= 15 is 0 Å². The third-order valence-corrected chi connectivity index (χ3v) is 0.250. The van der Waals surface area contributed by atoms with Gasteiger partial charge in [0.1, 0.15) is 0 Å². The predicted octanol–water partition coefficient (Wildman–Crippen LogP) is -1.07. The molecule has 0 N–H and O–H groups in total. The lowest BCUT2D eigenvalue weighted by molar-refractivity contribution is 0.470. The zero-order chi connectivity index (χ0) is 7.91. The van der Waals surface area contributed by atoms with Crippen molar-refractivity contribution < 1.29 is 17.8 Å². The third-order valence-electron chi connectivity index (χ3n) is 0.0833. The smallest absolute Gasteiger partial charge is 0.431 e. The lowest BCUT2D eigenvalue weighted by atomic mass is 11.9. The molecule has 0 aliphatic rings. The molecule has 0 aliphatic carbocycles.